The molecule has 1 aromatic carbocycles. The van der Waals surface area contributed by atoms with Crippen molar-refractivity contribution in [3.05, 3.63) is 35.9 Å². The van der Waals surface area contributed by atoms with Gasteiger partial charge < -0.3 is 9.47 Å². The van der Waals surface area contributed by atoms with E-state index in [1.807, 2.05) is 35.6 Å². The van der Waals surface area contributed by atoms with E-state index in [9.17, 15) is 14.4 Å². The lowest BCUT2D eigenvalue weighted by Crippen LogP contribution is -2.28. The van der Waals surface area contributed by atoms with Crippen LogP contribution in [0.1, 0.15) is 12.0 Å². The van der Waals surface area contributed by atoms with E-state index in [2.05, 4.69) is 0 Å². The standard InChI is InChI=1S/C13H13NO5/c15-11-8-10(12(16)14-11)19-13(17)18-7-6-9-4-2-1-3-5-9/h1-5,10H,6-8H2,(H,14,15,16). The van der Waals surface area contributed by atoms with Crippen molar-refractivity contribution >= 4 is 18.0 Å². The molecule has 0 aliphatic carbocycles. The smallest absolute Gasteiger partial charge is 0.434 e. The molecule has 0 spiro atoms. The zero-order valence-electron chi connectivity index (χ0n) is 10.1. The summed E-state index contributed by atoms with van der Waals surface area (Å²) >= 11 is 0. The summed E-state index contributed by atoms with van der Waals surface area (Å²) < 4.78 is 9.58. The van der Waals surface area contributed by atoms with E-state index < -0.39 is 24.1 Å². The molecule has 19 heavy (non-hydrogen) atoms. The third-order valence-electron chi connectivity index (χ3n) is 2.62. The van der Waals surface area contributed by atoms with Crippen LogP contribution < -0.4 is 5.32 Å². The lowest BCUT2D eigenvalue weighted by atomic mass is 10.2. The highest BCUT2D eigenvalue weighted by molar-refractivity contribution is 6.05. The van der Waals surface area contributed by atoms with Crippen molar-refractivity contribution < 1.29 is 23.9 Å². The van der Waals surface area contributed by atoms with Crippen LogP contribution in [0.3, 0.4) is 0 Å². The summed E-state index contributed by atoms with van der Waals surface area (Å²) in [6.45, 7) is 0.158. The van der Waals surface area contributed by atoms with E-state index in [4.69, 9.17) is 9.47 Å². The normalized spacial score (nSPS) is 18.0. The zero-order chi connectivity index (χ0) is 13.7. The minimum absolute atomic E-state index is 0.146. The Labute approximate surface area is 109 Å². The van der Waals surface area contributed by atoms with Gasteiger partial charge in [0, 0.05) is 6.42 Å². The number of carbonyl (C=O) groups is 3. The third kappa shape index (κ3) is 3.80. The maximum absolute atomic E-state index is 11.3. The van der Waals surface area contributed by atoms with E-state index in [1.54, 1.807) is 0 Å². The number of carbonyl (C=O) groups excluding carboxylic acids is 3. The van der Waals surface area contributed by atoms with Crippen LogP contribution in [0, 0.1) is 0 Å². The molecule has 1 fully saturated rings. The second-order valence-electron chi connectivity index (χ2n) is 4.06. The first-order chi connectivity index (χ1) is 9.15. The monoisotopic (exact) mass is 263 g/mol. The van der Waals surface area contributed by atoms with Gasteiger partial charge in [-0.25, -0.2) is 4.79 Å². The summed E-state index contributed by atoms with van der Waals surface area (Å²) in [5, 5.41) is 2.04. The van der Waals surface area contributed by atoms with Crippen molar-refractivity contribution in [1.29, 1.82) is 0 Å². The Kier molecular flexibility index (Phi) is 4.12. The molecule has 0 saturated carbocycles. The van der Waals surface area contributed by atoms with Crippen molar-refractivity contribution in [1.82, 2.24) is 5.32 Å². The predicted octanol–water partition coefficient (Wildman–Crippen LogP) is 0.797. The highest BCUT2D eigenvalue weighted by Crippen LogP contribution is 2.08. The molecular formula is C13H13NO5. The van der Waals surface area contributed by atoms with Gasteiger partial charge in [-0.05, 0) is 5.56 Å². The lowest BCUT2D eigenvalue weighted by molar-refractivity contribution is -0.128. The number of hydrogen-bond donors (Lipinski definition) is 1. The minimum atomic E-state index is -1.07. The van der Waals surface area contributed by atoms with Gasteiger partial charge in [-0.15, -0.1) is 0 Å². The van der Waals surface area contributed by atoms with Crippen LogP contribution in [0.5, 0.6) is 0 Å². The summed E-state index contributed by atoms with van der Waals surface area (Å²) in [6, 6.07) is 9.51. The SMILES string of the molecule is O=C1CC(OC(=O)OCCc2ccccc2)C(=O)N1. The molecule has 1 atom stereocenters. The largest absolute Gasteiger partial charge is 0.509 e. The molecule has 1 aliphatic rings. The average molecular weight is 263 g/mol. The molecular weight excluding hydrogens is 250 g/mol. The molecule has 1 unspecified atom stereocenters. The highest BCUT2D eigenvalue weighted by Gasteiger charge is 2.34. The maximum atomic E-state index is 11.3. The quantitative estimate of drug-likeness (QED) is 0.641. The molecule has 0 radical (unpaired) electrons. The first kappa shape index (κ1) is 13.1. The number of ether oxygens (including phenoxy) is 2. The summed E-state index contributed by atoms with van der Waals surface area (Å²) in [7, 11) is 0. The molecule has 1 heterocycles. The van der Waals surface area contributed by atoms with Gasteiger partial charge in [0.2, 0.25) is 5.91 Å². The third-order valence-corrected chi connectivity index (χ3v) is 2.62. The molecule has 1 aliphatic heterocycles. The number of hydrogen-bond acceptors (Lipinski definition) is 5. The Morgan fingerprint density at radius 1 is 1.26 bits per heavy atom. The first-order valence-electron chi connectivity index (χ1n) is 5.86. The van der Waals surface area contributed by atoms with E-state index in [-0.39, 0.29) is 13.0 Å². The molecule has 100 valence electrons. The summed E-state index contributed by atoms with van der Waals surface area (Å²) in [5.74, 6) is -1.06. The van der Waals surface area contributed by atoms with Crippen molar-refractivity contribution in [2.45, 2.75) is 18.9 Å². The topological polar surface area (TPSA) is 81.7 Å². The van der Waals surface area contributed by atoms with Gasteiger partial charge in [-0.2, -0.15) is 0 Å². The van der Waals surface area contributed by atoms with Gasteiger partial charge >= 0.3 is 6.16 Å². The van der Waals surface area contributed by atoms with Gasteiger partial charge in [0.05, 0.1) is 13.0 Å². The van der Waals surface area contributed by atoms with Crippen LogP contribution >= 0.6 is 0 Å². The van der Waals surface area contributed by atoms with E-state index >= 15 is 0 Å². The predicted molar refractivity (Wildman–Crippen MR) is 64.1 cm³/mol. The Balaban J connectivity index is 1.70. The fraction of sp³-hybridized carbons (Fsp3) is 0.308. The number of imide groups is 1. The molecule has 6 nitrogen and oxygen atoms in total. The van der Waals surface area contributed by atoms with Crippen molar-refractivity contribution in [3.8, 4) is 0 Å². The Morgan fingerprint density at radius 3 is 2.63 bits per heavy atom. The van der Waals surface area contributed by atoms with Gasteiger partial charge in [0.15, 0.2) is 6.10 Å². The van der Waals surface area contributed by atoms with Crippen LogP contribution in [0.4, 0.5) is 4.79 Å². The Morgan fingerprint density at radius 2 is 2.00 bits per heavy atom. The van der Waals surface area contributed by atoms with Gasteiger partial charge in [0.25, 0.3) is 5.91 Å². The lowest BCUT2D eigenvalue weighted by Gasteiger charge is -2.09. The van der Waals surface area contributed by atoms with Crippen molar-refractivity contribution in [3.63, 3.8) is 0 Å². The van der Waals surface area contributed by atoms with E-state index in [1.165, 1.54) is 0 Å². The number of rotatable bonds is 4. The van der Waals surface area contributed by atoms with Crippen LogP contribution in [0.2, 0.25) is 0 Å². The van der Waals surface area contributed by atoms with Crippen molar-refractivity contribution in [2.24, 2.45) is 0 Å². The Hall–Kier alpha value is -2.37. The van der Waals surface area contributed by atoms with Crippen LogP contribution in [0.25, 0.3) is 0 Å². The van der Waals surface area contributed by atoms with Crippen molar-refractivity contribution in [2.75, 3.05) is 6.61 Å². The van der Waals surface area contributed by atoms with E-state index in [0.29, 0.717) is 6.42 Å². The second-order valence-corrected chi connectivity index (χ2v) is 4.06. The van der Waals surface area contributed by atoms with Crippen LogP contribution in [-0.4, -0.2) is 30.7 Å². The highest BCUT2D eigenvalue weighted by atomic mass is 16.7. The summed E-state index contributed by atoms with van der Waals surface area (Å²) in [4.78, 5) is 33.3. The average Bonchev–Trinajstić information content (AvgIpc) is 2.69. The first-order valence-corrected chi connectivity index (χ1v) is 5.86. The van der Waals surface area contributed by atoms with E-state index in [0.717, 1.165) is 5.56 Å². The molecule has 1 N–H and O–H groups in total. The molecule has 1 aromatic rings. The van der Waals surface area contributed by atoms with Crippen LogP contribution in [-0.2, 0) is 25.5 Å². The van der Waals surface area contributed by atoms with Gasteiger partial charge in [-0.3, -0.25) is 14.9 Å². The number of nitrogens with one attached hydrogen (secondary N) is 1. The molecule has 6 heteroatoms. The molecule has 0 bridgehead atoms. The second kappa shape index (κ2) is 5.99. The zero-order valence-corrected chi connectivity index (χ0v) is 10.1. The maximum Gasteiger partial charge on any atom is 0.509 e. The molecule has 2 amide bonds. The molecule has 2 rings (SSSR count). The fourth-order valence-electron chi connectivity index (χ4n) is 1.67. The number of benzene rings is 1. The minimum Gasteiger partial charge on any atom is -0.434 e. The molecule has 1 saturated heterocycles. The van der Waals surface area contributed by atoms with Gasteiger partial charge in [0.1, 0.15) is 0 Å². The number of amides is 2. The summed E-state index contributed by atoms with van der Waals surface area (Å²) in [6.07, 6.45) is -1.60. The Bertz CT molecular complexity index is 485. The van der Waals surface area contributed by atoms with Crippen LogP contribution in [0.15, 0.2) is 30.3 Å². The van der Waals surface area contributed by atoms with Gasteiger partial charge in [-0.1, -0.05) is 30.3 Å². The molecule has 0 aromatic heterocycles. The summed E-state index contributed by atoms with van der Waals surface area (Å²) in [5.41, 5.74) is 1.03. The fourth-order valence-corrected chi connectivity index (χ4v) is 1.67.